The minimum atomic E-state index is -0.286. The summed E-state index contributed by atoms with van der Waals surface area (Å²) in [4.78, 5) is 31.4. The van der Waals surface area contributed by atoms with Crippen LogP contribution in [0.4, 0.5) is 5.69 Å². The molecule has 3 heterocycles. The van der Waals surface area contributed by atoms with Crippen LogP contribution in [-0.2, 0) is 6.42 Å². The molecule has 5 rings (SSSR count). The molecule has 0 bridgehead atoms. The van der Waals surface area contributed by atoms with E-state index in [4.69, 9.17) is 0 Å². The molecule has 2 aromatic heterocycles. The number of H-pyrrole nitrogens is 1. The number of hydrogen-bond acceptors (Lipinski definition) is 3. The number of para-hydroxylation sites is 2. The molecule has 1 N–H and O–H groups in total. The van der Waals surface area contributed by atoms with Crippen LogP contribution in [0.25, 0.3) is 16.7 Å². The summed E-state index contributed by atoms with van der Waals surface area (Å²) in [6, 6.07) is 17.5. The van der Waals surface area contributed by atoms with E-state index in [-0.39, 0.29) is 16.9 Å². The minimum Gasteiger partial charge on any atom is -0.345 e. The van der Waals surface area contributed by atoms with Crippen LogP contribution in [0.15, 0.2) is 65.6 Å². The lowest BCUT2D eigenvalue weighted by atomic mass is 10.0. The van der Waals surface area contributed by atoms with Gasteiger partial charge in [-0.2, -0.15) is 5.10 Å². The van der Waals surface area contributed by atoms with Gasteiger partial charge < -0.3 is 9.88 Å². The molecule has 1 amide bonds. The Morgan fingerprint density at radius 1 is 1.07 bits per heavy atom. The number of benzene rings is 2. The molecule has 144 valence electrons. The number of hydrogen-bond donors (Lipinski definition) is 1. The van der Waals surface area contributed by atoms with Crippen LogP contribution in [0, 0.1) is 6.92 Å². The van der Waals surface area contributed by atoms with Crippen LogP contribution in [-0.4, -0.2) is 27.2 Å². The first kappa shape index (κ1) is 17.4. The van der Waals surface area contributed by atoms with Crippen molar-refractivity contribution in [3.8, 4) is 5.69 Å². The number of nitrogens with one attached hydrogen (secondary N) is 1. The number of carbonyl (C=O) groups excluding carboxylic acids is 1. The Balaban J connectivity index is 1.63. The fraction of sp³-hybridized carbons (Fsp3) is 0.174. The smallest absolute Gasteiger partial charge is 0.263 e. The highest BCUT2D eigenvalue weighted by molar-refractivity contribution is 6.08. The van der Waals surface area contributed by atoms with Crippen molar-refractivity contribution < 1.29 is 4.79 Å². The molecular formula is C23H20N4O2. The van der Waals surface area contributed by atoms with Gasteiger partial charge in [-0.25, -0.2) is 4.68 Å². The maximum atomic E-state index is 13.3. The van der Waals surface area contributed by atoms with Gasteiger partial charge in [0.2, 0.25) is 5.43 Å². The summed E-state index contributed by atoms with van der Waals surface area (Å²) in [6.45, 7) is 2.40. The Labute approximate surface area is 167 Å². The van der Waals surface area contributed by atoms with Gasteiger partial charge in [0.05, 0.1) is 16.8 Å². The van der Waals surface area contributed by atoms with Gasteiger partial charge in [0.15, 0.2) is 0 Å². The van der Waals surface area contributed by atoms with Crippen LogP contribution in [0.2, 0.25) is 0 Å². The lowest BCUT2D eigenvalue weighted by Gasteiger charge is -2.29. The number of aromatic amines is 1. The number of aromatic nitrogens is 3. The van der Waals surface area contributed by atoms with E-state index in [1.807, 2.05) is 54.6 Å². The average Bonchev–Trinajstić information content (AvgIpc) is 3.11. The molecule has 0 saturated heterocycles. The van der Waals surface area contributed by atoms with Crippen LogP contribution in [0.1, 0.15) is 28.0 Å². The van der Waals surface area contributed by atoms with Crippen molar-refractivity contribution >= 4 is 22.6 Å². The standard InChI is InChI=1S/C23H20N4O2/c1-15-20-21(28)18(14-24-22(20)27(25-15)17-10-3-2-4-11-17)23(29)26-13-7-9-16-8-5-6-12-19(16)26/h2-6,8,10-12,14H,7,9,13H2,1H3,(H,24,28). The highest BCUT2D eigenvalue weighted by Gasteiger charge is 2.26. The summed E-state index contributed by atoms with van der Waals surface area (Å²) in [7, 11) is 0. The second-order valence-electron chi connectivity index (χ2n) is 7.28. The van der Waals surface area contributed by atoms with Gasteiger partial charge in [0.25, 0.3) is 5.91 Å². The van der Waals surface area contributed by atoms with Gasteiger partial charge >= 0.3 is 0 Å². The Morgan fingerprint density at radius 2 is 1.83 bits per heavy atom. The fourth-order valence-electron chi connectivity index (χ4n) is 4.08. The van der Waals surface area contributed by atoms with Gasteiger partial charge in [0, 0.05) is 18.4 Å². The third kappa shape index (κ3) is 2.76. The van der Waals surface area contributed by atoms with Crippen molar-refractivity contribution in [2.75, 3.05) is 11.4 Å². The van der Waals surface area contributed by atoms with Crippen LogP contribution < -0.4 is 10.3 Å². The molecule has 0 unspecified atom stereocenters. The van der Waals surface area contributed by atoms with Gasteiger partial charge in [-0.05, 0) is 43.5 Å². The van der Waals surface area contributed by atoms with Gasteiger partial charge in [-0.15, -0.1) is 0 Å². The second kappa shape index (κ2) is 6.74. The maximum absolute atomic E-state index is 13.3. The van der Waals surface area contributed by atoms with E-state index in [0.717, 1.165) is 29.8 Å². The highest BCUT2D eigenvalue weighted by Crippen LogP contribution is 2.28. The summed E-state index contributed by atoms with van der Waals surface area (Å²) in [5.41, 5.74) is 3.92. The topological polar surface area (TPSA) is 71.0 Å². The van der Waals surface area contributed by atoms with Crippen molar-refractivity contribution in [2.24, 2.45) is 0 Å². The highest BCUT2D eigenvalue weighted by atomic mass is 16.2. The van der Waals surface area contributed by atoms with E-state index >= 15 is 0 Å². The number of pyridine rings is 1. The number of amides is 1. The van der Waals surface area contributed by atoms with Crippen LogP contribution in [0.5, 0.6) is 0 Å². The molecule has 4 aromatic rings. The molecular weight excluding hydrogens is 364 g/mol. The largest absolute Gasteiger partial charge is 0.345 e. The molecule has 1 aliphatic heterocycles. The summed E-state index contributed by atoms with van der Waals surface area (Å²) in [5.74, 6) is -0.271. The zero-order valence-corrected chi connectivity index (χ0v) is 16.1. The molecule has 2 aromatic carbocycles. The van der Waals surface area contributed by atoms with E-state index < -0.39 is 0 Å². The maximum Gasteiger partial charge on any atom is 0.263 e. The number of anilines is 1. The van der Waals surface area contributed by atoms with E-state index in [1.165, 1.54) is 6.20 Å². The Kier molecular flexibility index (Phi) is 4.05. The average molecular weight is 384 g/mol. The minimum absolute atomic E-state index is 0.143. The first-order valence-corrected chi connectivity index (χ1v) is 9.71. The molecule has 0 spiro atoms. The van der Waals surface area contributed by atoms with Crippen molar-refractivity contribution in [1.82, 2.24) is 14.8 Å². The number of aryl methyl sites for hydroxylation is 2. The zero-order valence-electron chi connectivity index (χ0n) is 16.1. The first-order chi connectivity index (χ1) is 14.1. The monoisotopic (exact) mass is 384 g/mol. The van der Waals surface area contributed by atoms with Crippen molar-refractivity contribution in [1.29, 1.82) is 0 Å². The summed E-state index contributed by atoms with van der Waals surface area (Å²) in [6.07, 6.45) is 3.34. The number of fused-ring (bicyclic) bond motifs is 2. The van der Waals surface area contributed by atoms with Gasteiger partial charge in [-0.3, -0.25) is 9.59 Å². The molecule has 1 aliphatic rings. The van der Waals surface area contributed by atoms with Crippen molar-refractivity contribution in [3.63, 3.8) is 0 Å². The van der Waals surface area contributed by atoms with Gasteiger partial charge in [-0.1, -0.05) is 36.4 Å². The molecule has 0 radical (unpaired) electrons. The van der Waals surface area contributed by atoms with Gasteiger partial charge in [0.1, 0.15) is 11.2 Å². The van der Waals surface area contributed by atoms with Crippen LogP contribution >= 0.6 is 0 Å². The number of carbonyl (C=O) groups is 1. The lowest BCUT2D eigenvalue weighted by Crippen LogP contribution is -2.38. The predicted octanol–water partition coefficient (Wildman–Crippen LogP) is 3.62. The van der Waals surface area contributed by atoms with Crippen LogP contribution in [0.3, 0.4) is 0 Å². The van der Waals surface area contributed by atoms with E-state index in [0.29, 0.717) is 23.3 Å². The number of nitrogens with zero attached hydrogens (tertiary/aromatic N) is 3. The SMILES string of the molecule is Cc1nn(-c2ccccc2)c2[nH]cc(C(=O)N3CCCc4ccccc43)c(=O)c12. The molecule has 29 heavy (non-hydrogen) atoms. The predicted molar refractivity (Wildman–Crippen MR) is 113 cm³/mol. The van der Waals surface area contributed by atoms with Crippen molar-refractivity contribution in [2.45, 2.75) is 19.8 Å². The quantitative estimate of drug-likeness (QED) is 0.574. The van der Waals surface area contributed by atoms with E-state index in [9.17, 15) is 9.59 Å². The summed E-state index contributed by atoms with van der Waals surface area (Å²) >= 11 is 0. The molecule has 6 nitrogen and oxygen atoms in total. The molecule has 6 heteroatoms. The first-order valence-electron chi connectivity index (χ1n) is 9.71. The number of rotatable bonds is 2. The second-order valence-corrected chi connectivity index (χ2v) is 7.28. The molecule has 0 saturated carbocycles. The third-order valence-corrected chi connectivity index (χ3v) is 5.47. The van der Waals surface area contributed by atoms with E-state index in [2.05, 4.69) is 10.1 Å². The fourth-order valence-corrected chi connectivity index (χ4v) is 4.08. The Morgan fingerprint density at radius 3 is 2.66 bits per heavy atom. The molecule has 0 atom stereocenters. The Bertz CT molecular complexity index is 1290. The molecule has 0 fully saturated rings. The third-order valence-electron chi connectivity index (χ3n) is 5.47. The zero-order chi connectivity index (χ0) is 20.0. The summed E-state index contributed by atoms with van der Waals surface area (Å²) in [5, 5.41) is 4.98. The van der Waals surface area contributed by atoms with Crippen molar-refractivity contribution in [3.05, 3.63) is 87.8 Å². The Hall–Kier alpha value is -3.67. The van der Waals surface area contributed by atoms with E-state index in [1.54, 1.807) is 16.5 Å². The lowest BCUT2D eigenvalue weighted by molar-refractivity contribution is 0.0984. The molecule has 0 aliphatic carbocycles. The normalized spacial score (nSPS) is 13.5. The summed E-state index contributed by atoms with van der Waals surface area (Å²) < 4.78 is 1.70.